The number of halogens is 1. The predicted molar refractivity (Wildman–Crippen MR) is 75.4 cm³/mol. The second kappa shape index (κ2) is 6.24. The summed E-state index contributed by atoms with van der Waals surface area (Å²) in [5, 5.41) is 9.65. The molecule has 0 amide bonds. The summed E-state index contributed by atoms with van der Waals surface area (Å²) in [5.74, 6) is -3.67. The SMILES string of the molecule is CC(C)(C)OC(=O)[C@H](C(=O)O)C(N)c1cccc(Cl)c1. The fourth-order valence-corrected chi connectivity index (χ4v) is 1.87. The van der Waals surface area contributed by atoms with Gasteiger partial charge in [-0.25, -0.2) is 0 Å². The Hall–Kier alpha value is -1.59. The number of benzene rings is 1. The summed E-state index contributed by atoms with van der Waals surface area (Å²) in [4.78, 5) is 23.3. The first-order valence-electron chi connectivity index (χ1n) is 6.08. The summed E-state index contributed by atoms with van der Waals surface area (Å²) >= 11 is 5.84. The van der Waals surface area contributed by atoms with E-state index in [-0.39, 0.29) is 0 Å². The lowest BCUT2D eigenvalue weighted by Crippen LogP contribution is -2.39. The molecule has 1 aromatic carbocycles. The molecule has 6 heteroatoms. The van der Waals surface area contributed by atoms with Crippen molar-refractivity contribution in [3.8, 4) is 0 Å². The number of nitrogens with two attached hydrogens (primary N) is 1. The Bertz CT molecular complexity index is 510. The molecule has 2 atom stereocenters. The normalized spacial score (nSPS) is 14.4. The second-order valence-corrected chi connectivity index (χ2v) is 5.87. The van der Waals surface area contributed by atoms with Crippen molar-refractivity contribution in [1.29, 1.82) is 0 Å². The summed E-state index contributed by atoms with van der Waals surface area (Å²) in [7, 11) is 0. The lowest BCUT2D eigenvalue weighted by Gasteiger charge is -2.25. The van der Waals surface area contributed by atoms with Crippen molar-refractivity contribution in [1.82, 2.24) is 0 Å². The van der Waals surface area contributed by atoms with Crippen LogP contribution in [0, 0.1) is 5.92 Å². The van der Waals surface area contributed by atoms with Crippen LogP contribution in [0.15, 0.2) is 24.3 Å². The molecule has 1 rings (SSSR count). The van der Waals surface area contributed by atoms with Gasteiger partial charge in [0, 0.05) is 5.02 Å². The third kappa shape index (κ3) is 4.51. The zero-order valence-electron chi connectivity index (χ0n) is 11.6. The Morgan fingerprint density at radius 3 is 2.40 bits per heavy atom. The van der Waals surface area contributed by atoms with E-state index >= 15 is 0 Å². The van der Waals surface area contributed by atoms with E-state index in [2.05, 4.69) is 0 Å². The summed E-state index contributed by atoms with van der Waals surface area (Å²) in [6.45, 7) is 4.98. The van der Waals surface area contributed by atoms with Gasteiger partial charge in [0.1, 0.15) is 5.60 Å². The third-order valence-corrected chi connectivity index (χ3v) is 2.75. The number of carboxylic acid groups (broad SMARTS) is 1. The fraction of sp³-hybridized carbons (Fsp3) is 0.429. The number of rotatable bonds is 4. The molecule has 3 N–H and O–H groups in total. The van der Waals surface area contributed by atoms with Crippen LogP contribution in [0.3, 0.4) is 0 Å². The summed E-state index contributed by atoms with van der Waals surface area (Å²) in [5.41, 5.74) is 5.58. The van der Waals surface area contributed by atoms with Crippen molar-refractivity contribution in [2.24, 2.45) is 11.7 Å². The summed E-state index contributed by atoms with van der Waals surface area (Å²) in [6.07, 6.45) is 0. The first kappa shape index (κ1) is 16.5. The van der Waals surface area contributed by atoms with Gasteiger partial charge in [-0.2, -0.15) is 0 Å². The molecule has 110 valence electrons. The first-order chi connectivity index (χ1) is 9.11. The van der Waals surface area contributed by atoms with E-state index in [1.54, 1.807) is 39.0 Å². The average molecular weight is 300 g/mol. The Kier molecular flexibility index (Phi) is 5.14. The van der Waals surface area contributed by atoms with E-state index in [9.17, 15) is 14.7 Å². The molecule has 0 aliphatic carbocycles. The van der Waals surface area contributed by atoms with Gasteiger partial charge in [0.05, 0.1) is 6.04 Å². The molecular weight excluding hydrogens is 282 g/mol. The quantitative estimate of drug-likeness (QED) is 0.658. The van der Waals surface area contributed by atoms with Gasteiger partial charge in [-0.3, -0.25) is 9.59 Å². The van der Waals surface area contributed by atoms with Gasteiger partial charge in [0.25, 0.3) is 0 Å². The Morgan fingerprint density at radius 1 is 1.35 bits per heavy atom. The van der Waals surface area contributed by atoms with E-state index in [1.165, 1.54) is 6.07 Å². The predicted octanol–water partition coefficient (Wildman–Crippen LogP) is 2.38. The second-order valence-electron chi connectivity index (χ2n) is 5.43. The average Bonchev–Trinajstić information content (AvgIpc) is 2.25. The van der Waals surface area contributed by atoms with Crippen molar-refractivity contribution < 1.29 is 19.4 Å². The topological polar surface area (TPSA) is 89.6 Å². The fourth-order valence-electron chi connectivity index (χ4n) is 1.67. The van der Waals surface area contributed by atoms with Crippen molar-refractivity contribution >= 4 is 23.5 Å². The Balaban J connectivity index is 3.02. The van der Waals surface area contributed by atoms with Gasteiger partial charge >= 0.3 is 11.9 Å². The van der Waals surface area contributed by atoms with Crippen LogP contribution in [0.2, 0.25) is 5.02 Å². The highest BCUT2D eigenvalue weighted by atomic mass is 35.5. The van der Waals surface area contributed by atoms with Crippen molar-refractivity contribution in [2.45, 2.75) is 32.4 Å². The molecule has 0 saturated carbocycles. The minimum Gasteiger partial charge on any atom is -0.481 e. The van der Waals surface area contributed by atoms with Crippen molar-refractivity contribution in [3.05, 3.63) is 34.9 Å². The molecule has 0 radical (unpaired) electrons. The van der Waals surface area contributed by atoms with Crippen LogP contribution in [-0.2, 0) is 14.3 Å². The first-order valence-corrected chi connectivity index (χ1v) is 6.46. The third-order valence-electron chi connectivity index (χ3n) is 2.52. The van der Waals surface area contributed by atoms with Crippen LogP contribution in [-0.4, -0.2) is 22.6 Å². The van der Waals surface area contributed by atoms with Crippen LogP contribution in [0.25, 0.3) is 0 Å². The molecule has 0 aliphatic rings. The zero-order valence-corrected chi connectivity index (χ0v) is 12.3. The number of aliphatic carboxylic acids is 1. The number of esters is 1. The van der Waals surface area contributed by atoms with Gasteiger partial charge in [-0.15, -0.1) is 0 Å². The molecule has 1 aromatic rings. The minimum atomic E-state index is -1.48. The van der Waals surface area contributed by atoms with Crippen LogP contribution in [0.4, 0.5) is 0 Å². The lowest BCUT2D eigenvalue weighted by molar-refractivity contribution is -0.167. The van der Waals surface area contributed by atoms with Crippen molar-refractivity contribution in [2.75, 3.05) is 0 Å². The van der Waals surface area contributed by atoms with E-state index < -0.39 is 29.5 Å². The Morgan fingerprint density at radius 2 is 1.95 bits per heavy atom. The highest BCUT2D eigenvalue weighted by Crippen LogP contribution is 2.25. The molecule has 0 spiro atoms. The highest BCUT2D eigenvalue weighted by molar-refractivity contribution is 6.30. The molecule has 0 aromatic heterocycles. The largest absolute Gasteiger partial charge is 0.481 e. The molecule has 0 aliphatic heterocycles. The smallest absolute Gasteiger partial charge is 0.322 e. The standard InChI is InChI=1S/C14H18ClNO4/c1-14(2,3)20-13(19)10(12(17)18)11(16)8-5-4-6-9(15)7-8/h4-7,10-11H,16H2,1-3H3,(H,17,18)/t10-,11?/m0/s1. The van der Waals surface area contributed by atoms with Gasteiger partial charge in [0.2, 0.25) is 0 Å². The number of carboxylic acids is 1. The molecule has 0 saturated heterocycles. The molecule has 0 fully saturated rings. The molecule has 0 heterocycles. The van der Waals surface area contributed by atoms with Crippen LogP contribution >= 0.6 is 11.6 Å². The van der Waals surface area contributed by atoms with Crippen LogP contribution in [0.5, 0.6) is 0 Å². The van der Waals surface area contributed by atoms with E-state index in [0.717, 1.165) is 0 Å². The molecule has 5 nitrogen and oxygen atoms in total. The number of hydrogen-bond acceptors (Lipinski definition) is 4. The van der Waals surface area contributed by atoms with Gasteiger partial charge in [-0.05, 0) is 38.5 Å². The maximum Gasteiger partial charge on any atom is 0.322 e. The Labute approximate surface area is 122 Å². The maximum atomic E-state index is 12.0. The lowest BCUT2D eigenvalue weighted by atomic mass is 9.93. The molecule has 0 bridgehead atoms. The maximum absolute atomic E-state index is 12.0. The van der Waals surface area contributed by atoms with Gasteiger partial charge in [-0.1, -0.05) is 23.7 Å². The minimum absolute atomic E-state index is 0.422. The highest BCUT2D eigenvalue weighted by Gasteiger charge is 2.37. The summed E-state index contributed by atoms with van der Waals surface area (Å²) in [6, 6.07) is 5.41. The van der Waals surface area contributed by atoms with E-state index in [4.69, 9.17) is 22.1 Å². The summed E-state index contributed by atoms with van der Waals surface area (Å²) < 4.78 is 5.10. The van der Waals surface area contributed by atoms with Crippen LogP contribution in [0.1, 0.15) is 32.4 Å². The van der Waals surface area contributed by atoms with Gasteiger partial charge < -0.3 is 15.6 Å². The van der Waals surface area contributed by atoms with Crippen molar-refractivity contribution in [3.63, 3.8) is 0 Å². The van der Waals surface area contributed by atoms with E-state index in [1.807, 2.05) is 0 Å². The number of carbonyl (C=O) groups is 2. The molecular formula is C14H18ClNO4. The zero-order chi connectivity index (χ0) is 15.5. The van der Waals surface area contributed by atoms with Crippen LogP contribution < -0.4 is 5.73 Å². The molecule has 1 unspecified atom stereocenters. The number of carbonyl (C=O) groups excluding carboxylic acids is 1. The number of hydrogen-bond donors (Lipinski definition) is 2. The monoisotopic (exact) mass is 299 g/mol. The molecule has 20 heavy (non-hydrogen) atoms. The van der Waals surface area contributed by atoms with E-state index in [0.29, 0.717) is 10.6 Å². The number of ether oxygens (including phenoxy) is 1. The van der Waals surface area contributed by atoms with Gasteiger partial charge in [0.15, 0.2) is 5.92 Å².